The molecular formula is C17H24NO4P. The number of rotatable bonds is 9. The molecule has 1 aromatic rings. The SMILES string of the molecule is CCCCN(C(=O)O)C(=O)C/[P+]([O-])=C/CCCc1ccccc1. The zero-order valence-electron chi connectivity index (χ0n) is 13.5. The lowest BCUT2D eigenvalue weighted by Crippen LogP contribution is -2.38. The van der Waals surface area contributed by atoms with Crippen molar-refractivity contribution in [1.29, 1.82) is 0 Å². The second-order valence-corrected chi connectivity index (χ2v) is 6.83. The van der Waals surface area contributed by atoms with Gasteiger partial charge in [-0.2, -0.15) is 0 Å². The van der Waals surface area contributed by atoms with Gasteiger partial charge in [-0.15, -0.1) is 0 Å². The summed E-state index contributed by atoms with van der Waals surface area (Å²) < 4.78 is 0. The summed E-state index contributed by atoms with van der Waals surface area (Å²) in [6, 6.07) is 10.0. The highest BCUT2D eigenvalue weighted by Gasteiger charge is 2.22. The van der Waals surface area contributed by atoms with Crippen LogP contribution in [-0.2, 0) is 11.2 Å². The number of hydrogen-bond donors (Lipinski definition) is 1. The van der Waals surface area contributed by atoms with Crippen LogP contribution in [0.5, 0.6) is 0 Å². The van der Waals surface area contributed by atoms with Crippen molar-refractivity contribution in [1.82, 2.24) is 4.90 Å². The molecule has 0 bridgehead atoms. The smallest absolute Gasteiger partial charge is 0.414 e. The van der Waals surface area contributed by atoms with Crippen molar-refractivity contribution in [2.24, 2.45) is 0 Å². The number of nitrogens with zero attached hydrogens (tertiary/aromatic N) is 1. The van der Waals surface area contributed by atoms with E-state index in [9.17, 15) is 14.5 Å². The van der Waals surface area contributed by atoms with Gasteiger partial charge in [0.2, 0.25) is 0 Å². The molecule has 0 aliphatic heterocycles. The highest BCUT2D eigenvalue weighted by atomic mass is 31.1. The molecule has 1 atom stereocenters. The summed E-state index contributed by atoms with van der Waals surface area (Å²) >= 11 is 0. The quantitative estimate of drug-likeness (QED) is 0.555. The van der Waals surface area contributed by atoms with Crippen molar-refractivity contribution >= 4 is 25.6 Å². The average molecular weight is 337 g/mol. The molecule has 6 heteroatoms. The van der Waals surface area contributed by atoms with Gasteiger partial charge < -0.3 is 10.00 Å². The van der Waals surface area contributed by atoms with E-state index in [-0.39, 0.29) is 12.7 Å². The molecule has 1 unspecified atom stereocenters. The largest absolute Gasteiger partial charge is 0.630 e. The first-order valence-electron chi connectivity index (χ1n) is 7.89. The van der Waals surface area contributed by atoms with Crippen LogP contribution in [0.1, 0.15) is 38.2 Å². The first-order valence-corrected chi connectivity index (χ1v) is 9.40. The second kappa shape index (κ2) is 10.9. The average Bonchev–Trinajstić information content (AvgIpc) is 2.52. The number of carbonyl (C=O) groups excluding carboxylic acids is 1. The van der Waals surface area contributed by atoms with Crippen molar-refractivity contribution in [3.63, 3.8) is 0 Å². The van der Waals surface area contributed by atoms with E-state index in [1.807, 2.05) is 37.3 Å². The number of hydrogen-bond acceptors (Lipinski definition) is 3. The molecule has 1 aromatic carbocycles. The predicted molar refractivity (Wildman–Crippen MR) is 91.9 cm³/mol. The molecule has 0 fully saturated rings. The van der Waals surface area contributed by atoms with Crippen LogP contribution in [0, 0.1) is 0 Å². The zero-order chi connectivity index (χ0) is 17.1. The van der Waals surface area contributed by atoms with E-state index in [1.54, 1.807) is 5.80 Å². The molecule has 0 heterocycles. The first-order chi connectivity index (χ1) is 11.0. The van der Waals surface area contributed by atoms with Gasteiger partial charge in [0.1, 0.15) is 0 Å². The third-order valence-corrected chi connectivity index (χ3v) is 4.65. The number of imide groups is 1. The monoisotopic (exact) mass is 337 g/mol. The molecular weight excluding hydrogens is 313 g/mol. The van der Waals surface area contributed by atoms with Crippen LogP contribution in [0.25, 0.3) is 0 Å². The Morgan fingerprint density at radius 3 is 2.57 bits per heavy atom. The van der Waals surface area contributed by atoms with Crippen molar-refractivity contribution in [3.8, 4) is 0 Å². The molecule has 0 aromatic heterocycles. The summed E-state index contributed by atoms with van der Waals surface area (Å²) in [7, 11) is -1.80. The third kappa shape index (κ3) is 7.91. The van der Waals surface area contributed by atoms with Crippen LogP contribution >= 0.6 is 7.77 Å². The highest BCUT2D eigenvalue weighted by Crippen LogP contribution is 2.14. The van der Waals surface area contributed by atoms with Gasteiger partial charge in [0.25, 0.3) is 5.91 Å². The Morgan fingerprint density at radius 1 is 1.26 bits per heavy atom. The van der Waals surface area contributed by atoms with Gasteiger partial charge >= 0.3 is 6.09 Å². The molecule has 0 radical (unpaired) electrons. The van der Waals surface area contributed by atoms with E-state index in [2.05, 4.69) is 0 Å². The van der Waals surface area contributed by atoms with E-state index in [1.165, 1.54) is 5.56 Å². The minimum atomic E-state index is -1.80. The van der Waals surface area contributed by atoms with Gasteiger partial charge in [-0.1, -0.05) is 43.7 Å². The topological polar surface area (TPSA) is 80.7 Å². The van der Waals surface area contributed by atoms with E-state index < -0.39 is 19.8 Å². The normalized spacial score (nSPS) is 11.3. The Morgan fingerprint density at radius 2 is 1.96 bits per heavy atom. The van der Waals surface area contributed by atoms with Gasteiger partial charge in [-0.3, -0.25) is 4.79 Å². The Kier molecular flexibility index (Phi) is 9.18. The number of amides is 2. The molecule has 126 valence electrons. The molecule has 2 amide bonds. The van der Waals surface area contributed by atoms with Gasteiger partial charge in [-0.05, 0) is 24.8 Å². The molecule has 1 rings (SSSR count). The fourth-order valence-corrected chi connectivity index (χ4v) is 3.15. The fourth-order valence-electron chi connectivity index (χ4n) is 2.11. The summed E-state index contributed by atoms with van der Waals surface area (Å²) in [5.41, 5.74) is 1.23. The predicted octanol–water partition coefficient (Wildman–Crippen LogP) is 2.88. The standard InChI is InChI=1S/C17H24NO4P/c1-2-3-12-18(17(20)21)16(19)14-23(22)13-8-7-11-15-9-5-4-6-10-15/h4-6,9-10,13H,2-3,7-8,11-12,14H2,1H3,(H,20,21). The molecule has 0 aliphatic rings. The molecule has 0 saturated heterocycles. The van der Waals surface area contributed by atoms with Crippen LogP contribution in [-0.4, -0.2) is 40.5 Å². The molecule has 5 nitrogen and oxygen atoms in total. The lowest BCUT2D eigenvalue weighted by atomic mass is 10.1. The summed E-state index contributed by atoms with van der Waals surface area (Å²) in [5, 5.41) is 9.02. The van der Waals surface area contributed by atoms with Crippen molar-refractivity contribution < 1.29 is 19.6 Å². The summed E-state index contributed by atoms with van der Waals surface area (Å²) in [5.74, 6) is 1.06. The number of aryl methyl sites for hydroxylation is 1. The first kappa shape index (κ1) is 19.3. The van der Waals surface area contributed by atoms with E-state index in [0.717, 1.165) is 24.2 Å². The number of unbranched alkanes of at least 4 members (excludes halogenated alkanes) is 2. The van der Waals surface area contributed by atoms with Crippen molar-refractivity contribution in [2.45, 2.75) is 39.0 Å². The van der Waals surface area contributed by atoms with Gasteiger partial charge in [-0.25, -0.2) is 9.69 Å². The highest BCUT2D eigenvalue weighted by molar-refractivity contribution is 7.51. The molecule has 0 aliphatic carbocycles. The summed E-state index contributed by atoms with van der Waals surface area (Å²) in [6.07, 6.45) is 2.33. The van der Waals surface area contributed by atoms with Crippen LogP contribution in [0.4, 0.5) is 4.79 Å². The maximum Gasteiger partial charge on any atom is 0.414 e. The number of benzene rings is 1. The maximum atomic E-state index is 11.9. The van der Waals surface area contributed by atoms with Crippen molar-refractivity contribution in [3.05, 3.63) is 35.9 Å². The lowest BCUT2D eigenvalue weighted by molar-refractivity contribution is -0.154. The Labute approximate surface area is 138 Å². The molecule has 0 saturated carbocycles. The molecule has 23 heavy (non-hydrogen) atoms. The van der Waals surface area contributed by atoms with Crippen LogP contribution in [0.2, 0.25) is 0 Å². The second-order valence-electron chi connectivity index (χ2n) is 5.32. The Bertz CT molecular complexity index is 531. The van der Waals surface area contributed by atoms with Crippen LogP contribution < -0.4 is 4.89 Å². The summed E-state index contributed by atoms with van der Waals surface area (Å²) in [4.78, 5) is 35.6. The molecule has 0 spiro atoms. The fraction of sp³-hybridized carbons (Fsp3) is 0.471. The van der Waals surface area contributed by atoms with Crippen LogP contribution in [0.15, 0.2) is 30.3 Å². The Balaban J connectivity index is 2.39. The summed E-state index contributed by atoms with van der Waals surface area (Å²) in [6.45, 7) is 2.09. The van der Waals surface area contributed by atoms with Crippen molar-refractivity contribution in [2.75, 3.05) is 12.7 Å². The van der Waals surface area contributed by atoms with Crippen LogP contribution in [0.3, 0.4) is 0 Å². The minimum absolute atomic E-state index is 0.168. The van der Waals surface area contributed by atoms with E-state index in [4.69, 9.17) is 5.11 Å². The van der Waals surface area contributed by atoms with Gasteiger partial charge in [0.05, 0.1) is 13.6 Å². The maximum absolute atomic E-state index is 11.9. The third-order valence-electron chi connectivity index (χ3n) is 3.40. The zero-order valence-corrected chi connectivity index (χ0v) is 14.4. The lowest BCUT2D eigenvalue weighted by Gasteiger charge is -2.15. The van der Waals surface area contributed by atoms with Gasteiger partial charge in [0.15, 0.2) is 6.16 Å². The molecule has 1 N–H and O–H groups in total. The van der Waals surface area contributed by atoms with E-state index >= 15 is 0 Å². The number of carboxylic acid groups (broad SMARTS) is 1. The van der Waals surface area contributed by atoms with E-state index in [0.29, 0.717) is 12.8 Å². The Hall–Kier alpha value is -1.71. The number of carbonyl (C=O) groups is 2. The van der Waals surface area contributed by atoms with Gasteiger partial charge in [0, 0.05) is 13.0 Å². The minimum Gasteiger partial charge on any atom is -0.630 e.